The molecule has 0 aliphatic heterocycles. The molecule has 3 rings (SSSR count). The second-order valence-corrected chi connectivity index (χ2v) is 6.33. The Labute approximate surface area is 125 Å². The van der Waals surface area contributed by atoms with Gasteiger partial charge < -0.3 is 10.3 Å². The van der Waals surface area contributed by atoms with Crippen LogP contribution in [0.2, 0.25) is 0 Å². The van der Waals surface area contributed by atoms with Gasteiger partial charge in [0.25, 0.3) is 0 Å². The van der Waals surface area contributed by atoms with Crippen LogP contribution in [0.15, 0.2) is 38.0 Å². The van der Waals surface area contributed by atoms with E-state index >= 15 is 0 Å². The Hall–Kier alpha value is -1.73. The van der Waals surface area contributed by atoms with Crippen molar-refractivity contribution in [1.29, 1.82) is 0 Å². The fourth-order valence-electron chi connectivity index (χ4n) is 1.88. The summed E-state index contributed by atoms with van der Waals surface area (Å²) < 4.78 is 33.0. The molecule has 0 saturated heterocycles. The van der Waals surface area contributed by atoms with Crippen molar-refractivity contribution < 1.29 is 13.3 Å². The van der Waals surface area contributed by atoms with Crippen molar-refractivity contribution in [2.75, 3.05) is 5.73 Å². The van der Waals surface area contributed by atoms with Crippen molar-refractivity contribution in [2.45, 2.75) is 0 Å². The number of hydrogen-bond acceptors (Lipinski definition) is 4. The first-order valence-corrected chi connectivity index (χ1v) is 7.18. The van der Waals surface area contributed by atoms with Crippen LogP contribution in [0.1, 0.15) is 0 Å². The Morgan fingerprint density at radius 1 is 1.25 bits per heavy atom. The summed E-state index contributed by atoms with van der Waals surface area (Å²) in [5, 5.41) is 5.50. The minimum atomic E-state index is -0.713. The third-order valence-electron chi connectivity index (χ3n) is 2.75. The number of aromatic nitrogens is 1. The van der Waals surface area contributed by atoms with Gasteiger partial charge >= 0.3 is 0 Å². The van der Waals surface area contributed by atoms with Crippen molar-refractivity contribution in [3.8, 4) is 22.5 Å². The number of benzene rings is 1. The van der Waals surface area contributed by atoms with Gasteiger partial charge in [-0.3, -0.25) is 0 Å². The zero-order valence-electron chi connectivity index (χ0n) is 9.86. The highest BCUT2D eigenvalue weighted by atomic mass is 79.9. The minimum Gasteiger partial charge on any atom is -0.380 e. The van der Waals surface area contributed by atoms with E-state index in [1.165, 1.54) is 17.4 Å². The molecular weight excluding hydrogens is 350 g/mol. The van der Waals surface area contributed by atoms with Gasteiger partial charge in [-0.25, -0.2) is 8.78 Å². The normalized spacial score (nSPS) is 10.9. The Morgan fingerprint density at radius 3 is 2.70 bits per heavy atom. The molecule has 7 heteroatoms. The maximum absolute atomic E-state index is 13.9. The largest absolute Gasteiger partial charge is 0.380 e. The summed E-state index contributed by atoms with van der Waals surface area (Å²) in [7, 11) is 0. The molecule has 102 valence electrons. The van der Waals surface area contributed by atoms with E-state index < -0.39 is 11.6 Å². The summed E-state index contributed by atoms with van der Waals surface area (Å²) in [6.45, 7) is 0. The van der Waals surface area contributed by atoms with Gasteiger partial charge in [-0.2, -0.15) is 0 Å². The number of halogens is 3. The highest BCUT2D eigenvalue weighted by Gasteiger charge is 2.21. The summed E-state index contributed by atoms with van der Waals surface area (Å²) in [5.74, 6) is -0.945. The van der Waals surface area contributed by atoms with E-state index in [1.807, 2.05) is 11.4 Å². The monoisotopic (exact) mass is 356 g/mol. The van der Waals surface area contributed by atoms with Crippen LogP contribution in [-0.2, 0) is 0 Å². The van der Waals surface area contributed by atoms with Gasteiger partial charge in [-0.05, 0) is 34.1 Å². The molecule has 0 saturated carbocycles. The van der Waals surface area contributed by atoms with E-state index in [-0.39, 0.29) is 11.4 Å². The van der Waals surface area contributed by atoms with Crippen LogP contribution in [0.3, 0.4) is 0 Å². The van der Waals surface area contributed by atoms with Crippen molar-refractivity contribution in [1.82, 2.24) is 5.16 Å². The Kier molecular flexibility index (Phi) is 3.31. The van der Waals surface area contributed by atoms with Crippen molar-refractivity contribution in [3.63, 3.8) is 0 Å². The second-order valence-electron chi connectivity index (χ2n) is 4.04. The number of nitrogens with zero attached hydrogens (tertiary/aromatic N) is 1. The molecule has 0 radical (unpaired) electrons. The van der Waals surface area contributed by atoms with E-state index in [2.05, 4.69) is 21.1 Å². The standard InChI is InChI=1S/C13H7BrF2N2OS/c14-10-3-6(5-20-10)12-11(13(17)18-19-12)8-2-1-7(15)4-9(8)16/h1-5H,(H2,17,18). The van der Waals surface area contributed by atoms with Crippen LogP contribution in [0.5, 0.6) is 0 Å². The lowest BCUT2D eigenvalue weighted by atomic mass is 10.0. The van der Waals surface area contributed by atoms with Gasteiger partial charge in [0.1, 0.15) is 11.6 Å². The van der Waals surface area contributed by atoms with Crippen LogP contribution in [0.25, 0.3) is 22.5 Å². The molecule has 0 amide bonds. The Balaban J connectivity index is 2.21. The number of rotatable bonds is 2. The van der Waals surface area contributed by atoms with E-state index in [0.717, 1.165) is 21.5 Å². The molecule has 3 aromatic rings. The van der Waals surface area contributed by atoms with Gasteiger partial charge in [-0.15, -0.1) is 11.3 Å². The molecule has 0 unspecified atom stereocenters. The van der Waals surface area contributed by atoms with Gasteiger partial charge in [-0.1, -0.05) is 5.16 Å². The van der Waals surface area contributed by atoms with Crippen molar-refractivity contribution in [2.24, 2.45) is 0 Å². The molecule has 0 spiro atoms. The van der Waals surface area contributed by atoms with Crippen LogP contribution in [-0.4, -0.2) is 5.16 Å². The topological polar surface area (TPSA) is 52.0 Å². The molecule has 0 fully saturated rings. The first-order valence-electron chi connectivity index (χ1n) is 5.51. The number of hydrogen-bond donors (Lipinski definition) is 1. The summed E-state index contributed by atoms with van der Waals surface area (Å²) in [6, 6.07) is 5.10. The van der Waals surface area contributed by atoms with Crippen LogP contribution < -0.4 is 5.73 Å². The average Bonchev–Trinajstić information content (AvgIpc) is 2.96. The number of nitrogen functional groups attached to an aromatic ring is 1. The molecule has 0 atom stereocenters. The average molecular weight is 357 g/mol. The SMILES string of the molecule is Nc1noc(-c2csc(Br)c2)c1-c1ccc(F)cc1F. The lowest BCUT2D eigenvalue weighted by molar-refractivity contribution is 0.436. The van der Waals surface area contributed by atoms with Crippen LogP contribution in [0, 0.1) is 11.6 Å². The fourth-order valence-corrected chi connectivity index (χ4v) is 3.02. The quantitative estimate of drug-likeness (QED) is 0.724. The Morgan fingerprint density at radius 2 is 2.05 bits per heavy atom. The molecule has 2 N–H and O–H groups in total. The predicted molar refractivity (Wildman–Crippen MR) is 77.3 cm³/mol. The molecule has 0 aliphatic carbocycles. The smallest absolute Gasteiger partial charge is 0.177 e. The molecule has 20 heavy (non-hydrogen) atoms. The number of nitrogens with two attached hydrogens (primary N) is 1. The highest BCUT2D eigenvalue weighted by molar-refractivity contribution is 9.11. The summed E-state index contributed by atoms with van der Waals surface area (Å²) in [5.41, 5.74) is 6.96. The Bertz CT molecular complexity index is 785. The minimum absolute atomic E-state index is 0.0628. The molecule has 3 nitrogen and oxygen atoms in total. The van der Waals surface area contributed by atoms with E-state index in [9.17, 15) is 8.78 Å². The van der Waals surface area contributed by atoms with Crippen LogP contribution in [0.4, 0.5) is 14.6 Å². The maximum atomic E-state index is 13.9. The predicted octanol–water partition coefficient (Wildman–Crippen LogP) is 4.69. The van der Waals surface area contributed by atoms with Gasteiger partial charge in [0.15, 0.2) is 11.6 Å². The number of thiophene rings is 1. The summed E-state index contributed by atoms with van der Waals surface area (Å²) >= 11 is 4.80. The molecule has 2 heterocycles. The summed E-state index contributed by atoms with van der Waals surface area (Å²) in [6.07, 6.45) is 0. The zero-order valence-corrected chi connectivity index (χ0v) is 12.3. The molecule has 0 aliphatic rings. The summed E-state index contributed by atoms with van der Waals surface area (Å²) in [4.78, 5) is 0. The first-order chi connectivity index (χ1) is 9.56. The van der Waals surface area contributed by atoms with Gasteiger partial charge in [0.2, 0.25) is 0 Å². The van der Waals surface area contributed by atoms with Crippen molar-refractivity contribution >= 4 is 33.1 Å². The van der Waals surface area contributed by atoms with E-state index in [1.54, 1.807) is 0 Å². The van der Waals surface area contributed by atoms with Gasteiger partial charge in [0, 0.05) is 22.6 Å². The second kappa shape index (κ2) is 4.99. The third-order valence-corrected chi connectivity index (χ3v) is 4.25. The van der Waals surface area contributed by atoms with E-state index in [4.69, 9.17) is 10.3 Å². The molecule has 0 bridgehead atoms. The third kappa shape index (κ3) is 2.23. The molecule has 1 aromatic carbocycles. The first kappa shape index (κ1) is 13.3. The highest BCUT2D eigenvalue weighted by Crippen LogP contribution is 2.40. The fraction of sp³-hybridized carbons (Fsp3) is 0. The molecule has 2 aromatic heterocycles. The maximum Gasteiger partial charge on any atom is 0.177 e. The van der Waals surface area contributed by atoms with Crippen molar-refractivity contribution in [3.05, 3.63) is 45.1 Å². The van der Waals surface area contributed by atoms with Crippen LogP contribution >= 0.6 is 27.3 Å². The lowest BCUT2D eigenvalue weighted by Gasteiger charge is -2.03. The van der Waals surface area contributed by atoms with E-state index in [0.29, 0.717) is 11.3 Å². The number of anilines is 1. The van der Waals surface area contributed by atoms with Gasteiger partial charge in [0.05, 0.1) is 9.35 Å². The zero-order chi connectivity index (χ0) is 14.3. The lowest BCUT2D eigenvalue weighted by Crippen LogP contribution is -1.92. The molecular formula is C13H7BrF2N2OS.